The molecule has 1 saturated heterocycles. The molecule has 1 aliphatic heterocycles. The Morgan fingerprint density at radius 1 is 1.19 bits per heavy atom. The van der Waals surface area contributed by atoms with Crippen molar-refractivity contribution in [2.24, 2.45) is 27.9 Å². The Morgan fingerprint density at radius 2 is 1.92 bits per heavy atom. The second-order valence-electron chi connectivity index (χ2n) is 8.66. The molecule has 0 aromatic carbocycles. The van der Waals surface area contributed by atoms with Crippen LogP contribution in [0.2, 0.25) is 0 Å². The fourth-order valence-electron chi connectivity index (χ4n) is 3.95. The van der Waals surface area contributed by atoms with E-state index in [-0.39, 0.29) is 38.3 Å². The number of guanidine groups is 1. The van der Waals surface area contributed by atoms with Crippen LogP contribution in [-0.2, 0) is 30.4 Å². The molecule has 1 aliphatic rings. The second-order valence-corrected chi connectivity index (χ2v) is 8.66. The van der Waals surface area contributed by atoms with Crippen molar-refractivity contribution in [2.75, 3.05) is 13.1 Å². The predicted octanol–water partition coefficient (Wildman–Crippen LogP) is -3.75. The molecule has 0 spiro atoms. The van der Waals surface area contributed by atoms with Crippen LogP contribution < -0.4 is 33.6 Å². The fourth-order valence-corrected chi connectivity index (χ4v) is 3.95. The summed E-state index contributed by atoms with van der Waals surface area (Å²) in [6.07, 6.45) is 3.61. The highest BCUT2D eigenvalue weighted by Crippen LogP contribution is 2.19. The number of amides is 4. The summed E-state index contributed by atoms with van der Waals surface area (Å²) < 4.78 is 0. The highest BCUT2D eigenvalue weighted by atomic mass is 16.4. The van der Waals surface area contributed by atoms with E-state index >= 15 is 0 Å². The van der Waals surface area contributed by atoms with Crippen LogP contribution in [0.3, 0.4) is 0 Å². The van der Waals surface area contributed by atoms with Crippen LogP contribution in [0.1, 0.15) is 37.8 Å². The van der Waals surface area contributed by atoms with Gasteiger partial charge < -0.3 is 48.6 Å². The zero-order valence-corrected chi connectivity index (χ0v) is 20.3. The van der Waals surface area contributed by atoms with E-state index in [1.165, 1.54) is 17.4 Å². The number of imidazole rings is 1. The normalized spacial score (nSPS) is 17.3. The molecule has 0 aliphatic carbocycles. The van der Waals surface area contributed by atoms with E-state index in [4.69, 9.17) is 22.9 Å². The van der Waals surface area contributed by atoms with Crippen molar-refractivity contribution in [1.82, 2.24) is 25.5 Å². The average molecular weight is 523 g/mol. The summed E-state index contributed by atoms with van der Waals surface area (Å²) in [4.78, 5) is 73.5. The number of aromatic amines is 1. The predicted molar refractivity (Wildman–Crippen MR) is 130 cm³/mol. The molecule has 1 aromatic rings. The van der Waals surface area contributed by atoms with Crippen LogP contribution in [0, 0.1) is 0 Å². The standard InChI is InChI=1S/C21H34N10O6/c22-12(8-16(23)32)19(35)31-6-2-4-15(31)18(34)29-13(3-1-5-27-21(24)25)17(33)30-14(20(36)37)7-11-9-26-10-28-11/h9-10,12-15H,1-8,22H2,(H2,23,32)(H,26,28)(H,29,34)(H,30,33)(H,36,37)(H4,24,25,27). The summed E-state index contributed by atoms with van der Waals surface area (Å²) in [5, 5.41) is 14.6. The molecule has 37 heavy (non-hydrogen) atoms. The first kappa shape index (κ1) is 29.0. The monoisotopic (exact) mass is 522 g/mol. The van der Waals surface area contributed by atoms with Crippen molar-refractivity contribution >= 4 is 35.6 Å². The second kappa shape index (κ2) is 13.8. The Bertz CT molecular complexity index is 994. The Morgan fingerprint density at radius 3 is 2.51 bits per heavy atom. The van der Waals surface area contributed by atoms with Gasteiger partial charge in [-0.3, -0.25) is 24.2 Å². The van der Waals surface area contributed by atoms with E-state index in [9.17, 15) is 29.1 Å². The Kier molecular flexibility index (Phi) is 10.8. The van der Waals surface area contributed by atoms with Crippen LogP contribution >= 0.6 is 0 Å². The van der Waals surface area contributed by atoms with E-state index in [0.717, 1.165) is 0 Å². The number of nitrogens with one attached hydrogen (secondary N) is 3. The molecule has 16 heteroatoms. The molecule has 204 valence electrons. The van der Waals surface area contributed by atoms with Crippen molar-refractivity contribution in [3.05, 3.63) is 18.2 Å². The Labute approximate surface area is 212 Å². The largest absolute Gasteiger partial charge is 0.480 e. The van der Waals surface area contributed by atoms with Gasteiger partial charge in [0.15, 0.2) is 5.96 Å². The molecule has 4 unspecified atom stereocenters. The van der Waals surface area contributed by atoms with E-state index in [2.05, 4.69) is 25.6 Å². The number of hydrogen-bond donors (Lipinski definition) is 8. The van der Waals surface area contributed by atoms with Crippen LogP contribution in [0.5, 0.6) is 0 Å². The summed E-state index contributed by atoms with van der Waals surface area (Å²) in [6, 6.07) is -4.54. The molecule has 12 N–H and O–H groups in total. The summed E-state index contributed by atoms with van der Waals surface area (Å²) in [6.45, 7) is 0.421. The van der Waals surface area contributed by atoms with Crippen molar-refractivity contribution < 1.29 is 29.1 Å². The molecule has 0 bridgehead atoms. The molecule has 4 atom stereocenters. The van der Waals surface area contributed by atoms with Gasteiger partial charge in [-0.2, -0.15) is 0 Å². The van der Waals surface area contributed by atoms with Gasteiger partial charge in [-0.25, -0.2) is 9.78 Å². The first-order valence-electron chi connectivity index (χ1n) is 11.7. The number of carbonyl (C=O) groups is 5. The summed E-state index contributed by atoms with van der Waals surface area (Å²) in [5.41, 5.74) is 22.0. The molecule has 4 amide bonds. The smallest absolute Gasteiger partial charge is 0.326 e. The van der Waals surface area contributed by atoms with E-state index < -0.39 is 53.8 Å². The number of likely N-dealkylation sites (tertiary alicyclic amines) is 1. The van der Waals surface area contributed by atoms with Crippen LogP contribution in [0.15, 0.2) is 17.5 Å². The molecular weight excluding hydrogens is 488 g/mol. The fraction of sp³-hybridized carbons (Fsp3) is 0.571. The van der Waals surface area contributed by atoms with Crippen LogP contribution in [0.25, 0.3) is 0 Å². The van der Waals surface area contributed by atoms with Gasteiger partial charge in [0.2, 0.25) is 23.6 Å². The van der Waals surface area contributed by atoms with Gasteiger partial charge in [0.1, 0.15) is 18.1 Å². The number of hydrogen-bond acceptors (Lipinski definition) is 8. The molecule has 2 rings (SSSR count). The Hall–Kier alpha value is -4.21. The van der Waals surface area contributed by atoms with Crippen molar-refractivity contribution in [3.8, 4) is 0 Å². The molecule has 16 nitrogen and oxygen atoms in total. The lowest BCUT2D eigenvalue weighted by molar-refractivity contribution is -0.143. The van der Waals surface area contributed by atoms with Crippen LogP contribution in [0.4, 0.5) is 0 Å². The number of carbonyl (C=O) groups excluding carboxylic acids is 4. The molecule has 0 saturated carbocycles. The van der Waals surface area contributed by atoms with E-state index in [1.54, 1.807) is 0 Å². The number of carboxylic acid groups (broad SMARTS) is 1. The highest BCUT2D eigenvalue weighted by Gasteiger charge is 2.38. The minimum atomic E-state index is -1.29. The molecule has 2 heterocycles. The van der Waals surface area contributed by atoms with Gasteiger partial charge in [0.05, 0.1) is 18.8 Å². The van der Waals surface area contributed by atoms with Gasteiger partial charge in [0.25, 0.3) is 0 Å². The zero-order valence-electron chi connectivity index (χ0n) is 20.3. The first-order chi connectivity index (χ1) is 17.5. The number of aliphatic imine (C=N–C) groups is 1. The summed E-state index contributed by atoms with van der Waals surface area (Å²) >= 11 is 0. The van der Waals surface area contributed by atoms with Crippen molar-refractivity contribution in [2.45, 2.75) is 62.7 Å². The van der Waals surface area contributed by atoms with Gasteiger partial charge in [-0.05, 0) is 25.7 Å². The maximum Gasteiger partial charge on any atom is 0.326 e. The van der Waals surface area contributed by atoms with Gasteiger partial charge in [-0.1, -0.05) is 0 Å². The molecule has 1 aromatic heterocycles. The first-order valence-corrected chi connectivity index (χ1v) is 11.7. The van der Waals surface area contributed by atoms with E-state index in [1.807, 2.05) is 0 Å². The van der Waals surface area contributed by atoms with Crippen molar-refractivity contribution in [1.29, 1.82) is 0 Å². The summed E-state index contributed by atoms with van der Waals surface area (Å²) in [7, 11) is 0. The van der Waals surface area contributed by atoms with Gasteiger partial charge in [0, 0.05) is 31.4 Å². The third-order valence-electron chi connectivity index (χ3n) is 5.75. The lowest BCUT2D eigenvalue weighted by atomic mass is 10.1. The quantitative estimate of drug-likeness (QED) is 0.0671. The van der Waals surface area contributed by atoms with Crippen LogP contribution in [-0.4, -0.2) is 92.8 Å². The zero-order chi connectivity index (χ0) is 27.5. The molecular formula is C21H34N10O6. The number of nitrogens with zero attached hydrogens (tertiary/aromatic N) is 3. The summed E-state index contributed by atoms with van der Waals surface area (Å²) in [5.74, 6) is -4.10. The van der Waals surface area contributed by atoms with Gasteiger partial charge >= 0.3 is 5.97 Å². The number of aromatic nitrogens is 2. The highest BCUT2D eigenvalue weighted by molar-refractivity contribution is 5.95. The van der Waals surface area contributed by atoms with E-state index in [0.29, 0.717) is 25.0 Å². The van der Waals surface area contributed by atoms with Crippen molar-refractivity contribution in [3.63, 3.8) is 0 Å². The third kappa shape index (κ3) is 9.06. The number of aliphatic carboxylic acids is 1. The maximum atomic E-state index is 13.1. The molecule has 0 radical (unpaired) electrons. The average Bonchev–Trinajstić information content (AvgIpc) is 3.51. The lowest BCUT2D eigenvalue weighted by Crippen LogP contribution is -2.57. The Balaban J connectivity index is 2.13. The number of rotatable bonds is 14. The van der Waals surface area contributed by atoms with Gasteiger partial charge in [-0.15, -0.1) is 0 Å². The SMILES string of the molecule is NC(=O)CC(N)C(=O)N1CCCC1C(=O)NC(CCCN=C(N)N)C(=O)NC(Cc1cnc[nH]1)C(=O)O. The minimum Gasteiger partial charge on any atom is -0.480 e. The maximum absolute atomic E-state index is 13.1. The third-order valence-corrected chi connectivity index (χ3v) is 5.75. The number of carboxylic acids is 1. The number of H-pyrrole nitrogens is 1. The number of nitrogens with two attached hydrogens (primary N) is 4. The minimum absolute atomic E-state index is 0.0571. The topological polar surface area (TPSA) is 278 Å². The molecule has 1 fully saturated rings. The number of primary amides is 1. The lowest BCUT2D eigenvalue weighted by Gasteiger charge is -2.28.